The first-order valence-electron chi connectivity index (χ1n) is 7.21. The van der Waals surface area contributed by atoms with E-state index in [2.05, 4.69) is 0 Å². The van der Waals surface area contributed by atoms with E-state index in [0.29, 0.717) is 5.69 Å². The molecule has 0 aromatic heterocycles. The fraction of sp³-hybridized carbons (Fsp3) is 0.105. The summed E-state index contributed by atoms with van der Waals surface area (Å²) < 4.78 is 0. The largest absolute Gasteiger partial charge is 0.530 e. The van der Waals surface area contributed by atoms with Gasteiger partial charge in [-0.15, -0.1) is 0 Å². The van der Waals surface area contributed by atoms with Crippen molar-refractivity contribution in [1.82, 2.24) is 0 Å². The van der Waals surface area contributed by atoms with Gasteiger partial charge in [-0.05, 0) is 23.9 Å². The predicted octanol–water partition coefficient (Wildman–Crippen LogP) is 3.75. The van der Waals surface area contributed by atoms with Gasteiger partial charge in [0.1, 0.15) is 6.09 Å². The topological polar surface area (TPSA) is 43.4 Å². The van der Waals surface area contributed by atoms with Gasteiger partial charge in [-0.25, -0.2) is 0 Å². The molecular weight excluding hydrogens is 274 g/mol. The molecule has 22 heavy (non-hydrogen) atoms. The van der Waals surface area contributed by atoms with Crippen molar-refractivity contribution in [2.24, 2.45) is 0 Å². The molecule has 3 nitrogen and oxygen atoms in total. The quantitative estimate of drug-likeness (QED) is 0.737. The molecule has 3 aromatic carbocycles. The molecule has 0 spiro atoms. The number of amides is 1. The van der Waals surface area contributed by atoms with Gasteiger partial charge >= 0.3 is 0 Å². The second-order valence-corrected chi connectivity index (χ2v) is 5.22. The zero-order chi connectivity index (χ0) is 15.5. The van der Waals surface area contributed by atoms with Crippen LogP contribution in [0.15, 0.2) is 72.8 Å². The van der Waals surface area contributed by atoms with Crippen molar-refractivity contribution in [2.45, 2.75) is 13.0 Å². The first-order valence-corrected chi connectivity index (χ1v) is 7.21. The lowest BCUT2D eigenvalue weighted by molar-refractivity contribution is -0.247. The van der Waals surface area contributed by atoms with Crippen LogP contribution in [0.5, 0.6) is 0 Å². The third-order valence-electron chi connectivity index (χ3n) is 3.89. The Morgan fingerprint density at radius 2 is 1.55 bits per heavy atom. The molecule has 0 heterocycles. The average molecular weight is 290 g/mol. The highest BCUT2D eigenvalue weighted by atomic mass is 16.4. The number of anilines is 1. The highest BCUT2D eigenvalue weighted by Crippen LogP contribution is 2.32. The molecule has 0 fully saturated rings. The zero-order valence-corrected chi connectivity index (χ0v) is 12.3. The number of hydrogen-bond donors (Lipinski definition) is 0. The molecule has 3 rings (SSSR count). The van der Waals surface area contributed by atoms with Gasteiger partial charge in [0.05, 0.1) is 11.7 Å². The van der Waals surface area contributed by atoms with E-state index in [9.17, 15) is 9.90 Å². The fourth-order valence-electron chi connectivity index (χ4n) is 2.76. The predicted molar refractivity (Wildman–Crippen MR) is 86.7 cm³/mol. The lowest BCUT2D eigenvalue weighted by Crippen LogP contribution is -2.43. The SMILES string of the molecule is CC(c1ccccc1)N(C(=O)[O-])c1cccc2ccccc12. The Bertz CT molecular complexity index is 793. The maximum Gasteiger partial charge on any atom is 0.142 e. The molecule has 0 bridgehead atoms. The molecule has 1 amide bonds. The van der Waals surface area contributed by atoms with Crippen molar-refractivity contribution in [1.29, 1.82) is 0 Å². The summed E-state index contributed by atoms with van der Waals surface area (Å²) in [7, 11) is 0. The van der Waals surface area contributed by atoms with Gasteiger partial charge < -0.3 is 14.8 Å². The Hall–Kier alpha value is -2.81. The van der Waals surface area contributed by atoms with Crippen LogP contribution in [-0.2, 0) is 0 Å². The Balaban J connectivity index is 2.13. The summed E-state index contributed by atoms with van der Waals surface area (Å²) >= 11 is 0. The summed E-state index contributed by atoms with van der Waals surface area (Å²) in [6.45, 7) is 1.87. The van der Waals surface area contributed by atoms with E-state index < -0.39 is 6.09 Å². The second-order valence-electron chi connectivity index (χ2n) is 5.22. The summed E-state index contributed by atoms with van der Waals surface area (Å²) in [6, 6.07) is 22.7. The van der Waals surface area contributed by atoms with Gasteiger partial charge in [-0.1, -0.05) is 66.7 Å². The first kappa shape index (κ1) is 14.1. The number of carboxylic acid groups (broad SMARTS) is 1. The number of nitrogens with zero attached hydrogens (tertiary/aromatic N) is 1. The van der Waals surface area contributed by atoms with Crippen LogP contribution < -0.4 is 10.0 Å². The molecule has 0 saturated heterocycles. The Kier molecular flexibility index (Phi) is 3.79. The van der Waals surface area contributed by atoms with Gasteiger partial charge in [0.2, 0.25) is 0 Å². The third kappa shape index (κ3) is 2.53. The van der Waals surface area contributed by atoms with E-state index >= 15 is 0 Å². The molecule has 0 aliphatic rings. The molecule has 1 unspecified atom stereocenters. The number of rotatable bonds is 3. The lowest BCUT2D eigenvalue weighted by Gasteiger charge is -2.32. The van der Waals surface area contributed by atoms with Crippen LogP contribution in [0.2, 0.25) is 0 Å². The van der Waals surface area contributed by atoms with Crippen LogP contribution in [0.3, 0.4) is 0 Å². The fourth-order valence-corrected chi connectivity index (χ4v) is 2.76. The van der Waals surface area contributed by atoms with Crippen molar-refractivity contribution < 1.29 is 9.90 Å². The molecule has 0 N–H and O–H groups in total. The number of carbonyl (C=O) groups is 1. The summed E-state index contributed by atoms with van der Waals surface area (Å²) in [5.74, 6) is 0. The highest BCUT2D eigenvalue weighted by Gasteiger charge is 2.19. The van der Waals surface area contributed by atoms with E-state index in [1.165, 1.54) is 4.90 Å². The molecule has 110 valence electrons. The Labute approximate surface area is 129 Å². The maximum absolute atomic E-state index is 11.8. The zero-order valence-electron chi connectivity index (χ0n) is 12.3. The minimum Gasteiger partial charge on any atom is -0.530 e. The minimum atomic E-state index is -1.20. The normalized spacial score (nSPS) is 12.0. The summed E-state index contributed by atoms with van der Waals surface area (Å²) in [5.41, 5.74) is 1.58. The van der Waals surface area contributed by atoms with Gasteiger partial charge in [0.15, 0.2) is 0 Å². The van der Waals surface area contributed by atoms with Crippen molar-refractivity contribution in [2.75, 3.05) is 4.90 Å². The smallest absolute Gasteiger partial charge is 0.142 e. The van der Waals surface area contributed by atoms with Crippen LogP contribution in [-0.4, -0.2) is 6.09 Å². The summed E-state index contributed by atoms with van der Waals surface area (Å²) in [4.78, 5) is 13.1. The highest BCUT2D eigenvalue weighted by molar-refractivity contribution is 6.00. The van der Waals surface area contributed by atoms with Crippen molar-refractivity contribution >= 4 is 22.6 Å². The standard InChI is InChI=1S/C19H17NO2/c1-14(15-8-3-2-4-9-15)20(19(21)22)18-13-7-11-16-10-5-6-12-17(16)18/h2-14H,1H3,(H,21,22)/p-1. The number of benzene rings is 3. The minimum absolute atomic E-state index is 0.322. The Morgan fingerprint density at radius 3 is 2.27 bits per heavy atom. The van der Waals surface area contributed by atoms with Crippen molar-refractivity contribution in [3.8, 4) is 0 Å². The van der Waals surface area contributed by atoms with E-state index in [0.717, 1.165) is 16.3 Å². The van der Waals surface area contributed by atoms with E-state index in [1.807, 2.05) is 79.7 Å². The van der Waals surface area contributed by atoms with Gasteiger partial charge in [-0.3, -0.25) is 0 Å². The summed E-state index contributed by atoms with van der Waals surface area (Å²) in [5, 5.41) is 13.7. The maximum atomic E-state index is 11.8. The summed E-state index contributed by atoms with van der Waals surface area (Å²) in [6.07, 6.45) is -1.20. The van der Waals surface area contributed by atoms with Gasteiger partial charge in [-0.2, -0.15) is 0 Å². The van der Waals surface area contributed by atoms with E-state index in [4.69, 9.17) is 0 Å². The number of carbonyl (C=O) groups excluding carboxylic acids is 1. The molecule has 0 saturated carbocycles. The third-order valence-corrected chi connectivity index (χ3v) is 3.89. The van der Waals surface area contributed by atoms with Crippen LogP contribution in [0, 0.1) is 0 Å². The van der Waals surface area contributed by atoms with E-state index in [-0.39, 0.29) is 6.04 Å². The number of fused-ring (bicyclic) bond motifs is 1. The Morgan fingerprint density at radius 1 is 0.909 bits per heavy atom. The first-order chi connectivity index (χ1) is 10.7. The van der Waals surface area contributed by atoms with Crippen molar-refractivity contribution in [3.05, 3.63) is 78.4 Å². The van der Waals surface area contributed by atoms with Gasteiger partial charge in [0.25, 0.3) is 0 Å². The van der Waals surface area contributed by atoms with Crippen LogP contribution in [0.4, 0.5) is 10.5 Å². The van der Waals surface area contributed by atoms with Crippen molar-refractivity contribution in [3.63, 3.8) is 0 Å². The molecule has 3 aromatic rings. The molecule has 0 radical (unpaired) electrons. The average Bonchev–Trinajstić information content (AvgIpc) is 2.56. The van der Waals surface area contributed by atoms with Crippen LogP contribution in [0.1, 0.15) is 18.5 Å². The monoisotopic (exact) mass is 290 g/mol. The number of hydrogen-bond acceptors (Lipinski definition) is 2. The van der Waals surface area contributed by atoms with E-state index in [1.54, 1.807) is 0 Å². The molecule has 3 heteroatoms. The van der Waals surface area contributed by atoms with Gasteiger partial charge in [0, 0.05) is 5.39 Å². The lowest BCUT2D eigenvalue weighted by atomic mass is 10.0. The second kappa shape index (κ2) is 5.90. The molecule has 0 aliphatic carbocycles. The molecule has 0 aliphatic heterocycles. The molecule has 1 atom stereocenters. The van der Waals surface area contributed by atoms with Crippen LogP contribution >= 0.6 is 0 Å². The molecular formula is C19H16NO2-. The van der Waals surface area contributed by atoms with Crippen LogP contribution in [0.25, 0.3) is 10.8 Å².